The number of nitrogens with zero attached hydrogens (tertiary/aromatic N) is 2. The van der Waals surface area contributed by atoms with Crippen molar-refractivity contribution in [1.29, 1.82) is 0 Å². The van der Waals surface area contributed by atoms with Crippen LogP contribution in [0.4, 0.5) is 5.69 Å². The van der Waals surface area contributed by atoms with Crippen molar-refractivity contribution in [3.05, 3.63) is 86.3 Å². The summed E-state index contributed by atoms with van der Waals surface area (Å²) in [6.45, 7) is 0.102. The number of anilines is 1. The molecule has 3 rings (SSSR count). The van der Waals surface area contributed by atoms with E-state index in [0.717, 1.165) is 4.68 Å². The van der Waals surface area contributed by atoms with Crippen LogP contribution in [0.2, 0.25) is 10.0 Å². The number of rotatable bonds is 6. The number of hydrogen-bond acceptors (Lipinski definition) is 6. The first-order valence-corrected chi connectivity index (χ1v) is 9.31. The van der Waals surface area contributed by atoms with E-state index < -0.39 is 17.6 Å². The van der Waals surface area contributed by atoms with E-state index in [2.05, 4.69) is 10.4 Å². The lowest BCUT2D eigenvalue weighted by Gasteiger charge is -2.15. The molecular formula is C20H17Cl2N3O4. The van der Waals surface area contributed by atoms with Gasteiger partial charge in [-0.2, -0.15) is 9.78 Å². The molecule has 0 amide bonds. The molecule has 2 N–H and O–H groups in total. The number of aromatic nitrogens is 2. The summed E-state index contributed by atoms with van der Waals surface area (Å²) in [7, 11) is 1.25. The fourth-order valence-electron chi connectivity index (χ4n) is 2.68. The number of esters is 1. The third-order valence-corrected chi connectivity index (χ3v) is 4.81. The molecule has 0 radical (unpaired) electrons. The summed E-state index contributed by atoms with van der Waals surface area (Å²) >= 11 is 12.1. The fraction of sp³-hybridized carbons (Fsp3) is 0.150. The van der Waals surface area contributed by atoms with Crippen LogP contribution in [0, 0.1) is 0 Å². The number of methoxy groups -OCH3 is 1. The molecule has 0 saturated carbocycles. The van der Waals surface area contributed by atoms with E-state index in [4.69, 9.17) is 27.9 Å². The minimum Gasteiger partial charge on any atom is -0.465 e. The molecule has 2 aromatic carbocycles. The highest BCUT2D eigenvalue weighted by atomic mass is 35.5. The van der Waals surface area contributed by atoms with Gasteiger partial charge in [0.05, 0.1) is 36.3 Å². The largest absolute Gasteiger partial charge is 0.465 e. The lowest BCUT2D eigenvalue weighted by atomic mass is 10.1. The third kappa shape index (κ3) is 4.59. The zero-order valence-electron chi connectivity index (χ0n) is 15.3. The van der Waals surface area contributed by atoms with Crippen LogP contribution < -0.4 is 10.9 Å². The van der Waals surface area contributed by atoms with Crippen LogP contribution in [-0.4, -0.2) is 34.5 Å². The number of para-hydroxylation sites is 1. The first-order chi connectivity index (χ1) is 13.9. The molecule has 1 atom stereocenters. The molecular weight excluding hydrogens is 417 g/mol. The minimum atomic E-state index is -0.842. The predicted octanol–water partition coefficient (Wildman–Crippen LogP) is 3.47. The van der Waals surface area contributed by atoms with E-state index in [1.54, 1.807) is 42.5 Å². The van der Waals surface area contributed by atoms with E-state index in [1.807, 2.05) is 0 Å². The second kappa shape index (κ2) is 9.09. The normalized spacial score (nSPS) is 11.7. The van der Waals surface area contributed by atoms with Gasteiger partial charge in [0.25, 0.3) is 5.56 Å². The number of halogens is 2. The van der Waals surface area contributed by atoms with Gasteiger partial charge in [-0.1, -0.05) is 47.5 Å². The van der Waals surface area contributed by atoms with E-state index >= 15 is 0 Å². The Kier molecular flexibility index (Phi) is 6.53. The Hall–Kier alpha value is -2.87. The van der Waals surface area contributed by atoms with Crippen molar-refractivity contribution < 1.29 is 14.6 Å². The van der Waals surface area contributed by atoms with Crippen LogP contribution in [0.3, 0.4) is 0 Å². The molecule has 150 valence electrons. The zero-order chi connectivity index (χ0) is 21.0. The van der Waals surface area contributed by atoms with Crippen molar-refractivity contribution in [1.82, 2.24) is 9.78 Å². The number of aliphatic hydroxyl groups excluding tert-OH is 1. The molecule has 0 spiro atoms. The van der Waals surface area contributed by atoms with Gasteiger partial charge in [0.1, 0.15) is 5.02 Å². The summed E-state index contributed by atoms with van der Waals surface area (Å²) in [6, 6.07) is 13.2. The molecule has 1 heterocycles. The Bertz CT molecular complexity index is 1080. The van der Waals surface area contributed by atoms with E-state index in [0.29, 0.717) is 10.6 Å². The Morgan fingerprint density at radius 2 is 1.90 bits per heavy atom. The SMILES string of the molecule is COC(=O)c1ccccc1-n1ncc(NCC(O)c2ccc(Cl)cc2)c(Cl)c1=O. The van der Waals surface area contributed by atoms with Gasteiger partial charge < -0.3 is 15.2 Å². The number of carbonyl (C=O) groups is 1. The van der Waals surface area contributed by atoms with Gasteiger partial charge in [-0.25, -0.2) is 4.79 Å². The molecule has 9 heteroatoms. The fourth-order valence-corrected chi connectivity index (χ4v) is 3.00. The highest BCUT2D eigenvalue weighted by Crippen LogP contribution is 2.21. The van der Waals surface area contributed by atoms with Gasteiger partial charge in [-0.3, -0.25) is 4.79 Å². The molecule has 1 aromatic heterocycles. The van der Waals surface area contributed by atoms with Crippen LogP contribution in [-0.2, 0) is 4.74 Å². The van der Waals surface area contributed by atoms with Crippen molar-refractivity contribution in [3.63, 3.8) is 0 Å². The van der Waals surface area contributed by atoms with Crippen molar-refractivity contribution >= 4 is 34.9 Å². The number of nitrogens with one attached hydrogen (secondary N) is 1. The quantitative estimate of drug-likeness (QED) is 0.578. The van der Waals surface area contributed by atoms with Crippen LogP contribution in [0.1, 0.15) is 22.0 Å². The van der Waals surface area contributed by atoms with E-state index in [9.17, 15) is 14.7 Å². The van der Waals surface area contributed by atoms with Crippen LogP contribution >= 0.6 is 23.2 Å². The zero-order valence-corrected chi connectivity index (χ0v) is 16.8. The molecule has 0 aliphatic heterocycles. The summed E-state index contributed by atoms with van der Waals surface area (Å²) in [5.41, 5.74) is 0.732. The molecule has 1 unspecified atom stereocenters. The molecule has 3 aromatic rings. The lowest BCUT2D eigenvalue weighted by Crippen LogP contribution is -2.25. The Morgan fingerprint density at radius 3 is 2.59 bits per heavy atom. The van der Waals surface area contributed by atoms with Gasteiger partial charge in [0.15, 0.2) is 0 Å². The minimum absolute atomic E-state index is 0.102. The average Bonchev–Trinajstić information content (AvgIpc) is 2.74. The Morgan fingerprint density at radius 1 is 1.21 bits per heavy atom. The number of carbonyl (C=O) groups excluding carboxylic acids is 1. The first kappa shape index (κ1) is 20.9. The maximum absolute atomic E-state index is 12.7. The predicted molar refractivity (Wildman–Crippen MR) is 111 cm³/mol. The van der Waals surface area contributed by atoms with Gasteiger partial charge >= 0.3 is 5.97 Å². The highest BCUT2D eigenvalue weighted by Gasteiger charge is 2.17. The third-order valence-electron chi connectivity index (χ3n) is 4.20. The molecule has 0 fully saturated rings. The maximum atomic E-state index is 12.7. The molecule has 0 bridgehead atoms. The Labute approximate surface area is 176 Å². The van der Waals surface area contributed by atoms with Crippen molar-refractivity contribution in [2.45, 2.75) is 6.10 Å². The van der Waals surface area contributed by atoms with Crippen LogP contribution in [0.5, 0.6) is 0 Å². The molecule has 7 nitrogen and oxygen atoms in total. The number of aliphatic hydroxyl groups is 1. The summed E-state index contributed by atoms with van der Waals surface area (Å²) in [5.74, 6) is -0.598. The van der Waals surface area contributed by atoms with Gasteiger partial charge in [-0.05, 0) is 29.8 Å². The smallest absolute Gasteiger partial charge is 0.340 e. The van der Waals surface area contributed by atoms with Crippen molar-refractivity contribution in [2.75, 3.05) is 19.0 Å². The first-order valence-electron chi connectivity index (χ1n) is 8.55. The van der Waals surface area contributed by atoms with Gasteiger partial charge in [-0.15, -0.1) is 0 Å². The van der Waals surface area contributed by atoms with Crippen molar-refractivity contribution in [2.24, 2.45) is 0 Å². The molecule has 0 saturated heterocycles. The van der Waals surface area contributed by atoms with Gasteiger partial charge in [0.2, 0.25) is 0 Å². The number of benzene rings is 2. The topological polar surface area (TPSA) is 93.5 Å². The number of hydrogen-bond donors (Lipinski definition) is 2. The lowest BCUT2D eigenvalue weighted by molar-refractivity contribution is 0.0600. The van der Waals surface area contributed by atoms with Gasteiger partial charge in [0, 0.05) is 11.6 Å². The molecule has 0 aliphatic rings. The summed E-state index contributed by atoms with van der Waals surface area (Å²) < 4.78 is 5.77. The van der Waals surface area contributed by atoms with E-state index in [-0.39, 0.29) is 28.5 Å². The molecule has 29 heavy (non-hydrogen) atoms. The van der Waals surface area contributed by atoms with E-state index in [1.165, 1.54) is 19.4 Å². The Balaban J connectivity index is 1.84. The second-order valence-electron chi connectivity index (χ2n) is 6.05. The average molecular weight is 434 g/mol. The second-order valence-corrected chi connectivity index (χ2v) is 6.86. The molecule has 0 aliphatic carbocycles. The van der Waals surface area contributed by atoms with Crippen LogP contribution in [0.25, 0.3) is 5.69 Å². The summed E-state index contributed by atoms with van der Waals surface area (Å²) in [6.07, 6.45) is 0.512. The van der Waals surface area contributed by atoms with Crippen LogP contribution in [0.15, 0.2) is 59.5 Å². The summed E-state index contributed by atoms with van der Waals surface area (Å²) in [4.78, 5) is 24.7. The standard InChI is InChI=1S/C20H17Cl2N3O4/c1-29-20(28)14-4-2-3-5-16(14)25-19(27)18(22)15(10-24-25)23-11-17(26)12-6-8-13(21)9-7-12/h2-10,17,23,26H,11H2,1H3. The van der Waals surface area contributed by atoms with Crippen molar-refractivity contribution in [3.8, 4) is 5.69 Å². The highest BCUT2D eigenvalue weighted by molar-refractivity contribution is 6.33. The summed E-state index contributed by atoms with van der Waals surface area (Å²) in [5, 5.41) is 17.7. The number of ether oxygens (including phenoxy) is 1. The monoisotopic (exact) mass is 433 g/mol. The maximum Gasteiger partial charge on any atom is 0.340 e.